The van der Waals surface area contributed by atoms with Gasteiger partial charge in [-0.1, -0.05) is 19.6 Å². The highest BCUT2D eigenvalue weighted by Crippen LogP contribution is 2.12. The molecule has 0 aliphatic carbocycles. The van der Waals surface area contributed by atoms with Gasteiger partial charge in [-0.3, -0.25) is 19.8 Å². The van der Waals surface area contributed by atoms with Gasteiger partial charge in [0, 0.05) is 49.2 Å². The Morgan fingerprint density at radius 2 is 2.30 bits per heavy atom. The standard InChI is InChI=1S/C19H26BrN5O2/c1-14(19(26)27-5)9-17(21-3)10-18(25(4)24-11-15(2)20)23-13-16-7-6-8-22-12-16/h6-8,10-12,14,21H,2,9,13H2,1,3-5H3/b17-10?,23-18?,24-11-/t14-/m1/s1. The topological polar surface area (TPSA) is 79.2 Å². The van der Waals surface area contributed by atoms with E-state index in [0.717, 1.165) is 11.3 Å². The van der Waals surface area contributed by atoms with E-state index in [1.807, 2.05) is 25.1 Å². The molecule has 0 unspecified atom stereocenters. The summed E-state index contributed by atoms with van der Waals surface area (Å²) in [4.78, 5) is 20.5. The lowest BCUT2D eigenvalue weighted by Crippen LogP contribution is -2.23. The van der Waals surface area contributed by atoms with Crippen LogP contribution < -0.4 is 5.32 Å². The van der Waals surface area contributed by atoms with Crippen molar-refractivity contribution in [2.24, 2.45) is 16.0 Å². The quantitative estimate of drug-likeness (QED) is 0.279. The van der Waals surface area contributed by atoms with Crippen LogP contribution in [0.4, 0.5) is 0 Å². The van der Waals surface area contributed by atoms with Gasteiger partial charge in [0.25, 0.3) is 0 Å². The minimum Gasteiger partial charge on any atom is -0.469 e. The van der Waals surface area contributed by atoms with Gasteiger partial charge < -0.3 is 10.1 Å². The molecule has 7 nitrogen and oxygen atoms in total. The summed E-state index contributed by atoms with van der Waals surface area (Å²) in [6.45, 7) is 6.01. The van der Waals surface area contributed by atoms with Gasteiger partial charge in [-0.05, 0) is 27.6 Å². The normalized spacial score (nSPS) is 13.4. The number of likely N-dealkylation sites (N-methyl/N-ethyl adjacent to an activating group) is 1. The van der Waals surface area contributed by atoms with Crippen molar-refractivity contribution in [2.75, 3.05) is 21.2 Å². The number of carbonyl (C=O) groups is 1. The van der Waals surface area contributed by atoms with Crippen molar-refractivity contribution in [1.29, 1.82) is 0 Å². The number of nitrogens with zero attached hydrogens (tertiary/aromatic N) is 4. The zero-order valence-corrected chi connectivity index (χ0v) is 17.7. The first-order valence-electron chi connectivity index (χ1n) is 8.39. The molecule has 1 aromatic rings. The molecule has 1 N–H and O–H groups in total. The summed E-state index contributed by atoms with van der Waals surface area (Å²) in [6.07, 6.45) is 7.44. The van der Waals surface area contributed by atoms with E-state index in [2.05, 4.69) is 42.9 Å². The van der Waals surface area contributed by atoms with E-state index in [1.165, 1.54) is 7.11 Å². The van der Waals surface area contributed by atoms with Crippen LogP contribution in [0, 0.1) is 5.92 Å². The molecule has 1 rings (SSSR count). The zero-order valence-electron chi connectivity index (χ0n) is 16.1. The number of carbonyl (C=O) groups excluding carboxylic acids is 1. The molecule has 0 aliphatic rings. The van der Waals surface area contributed by atoms with E-state index in [-0.39, 0.29) is 11.9 Å². The van der Waals surface area contributed by atoms with Crippen LogP contribution in [-0.2, 0) is 16.1 Å². The number of ether oxygens (including phenoxy) is 1. The number of pyridine rings is 1. The second-order valence-corrected chi connectivity index (χ2v) is 6.82. The third kappa shape index (κ3) is 8.63. The molecule has 0 fully saturated rings. The molecule has 0 bridgehead atoms. The molecule has 0 aliphatic heterocycles. The van der Waals surface area contributed by atoms with Crippen LogP contribution in [0.2, 0.25) is 0 Å². The molecule has 8 heteroatoms. The molecule has 0 saturated heterocycles. The fourth-order valence-electron chi connectivity index (χ4n) is 2.12. The molecule has 0 aromatic carbocycles. The molecule has 1 heterocycles. The van der Waals surface area contributed by atoms with E-state index in [9.17, 15) is 4.79 Å². The summed E-state index contributed by atoms with van der Waals surface area (Å²) in [5.41, 5.74) is 1.83. The van der Waals surface area contributed by atoms with Gasteiger partial charge in [0.2, 0.25) is 0 Å². The first-order valence-corrected chi connectivity index (χ1v) is 9.18. The number of nitrogens with one attached hydrogen (secondary N) is 1. The number of esters is 1. The maximum absolute atomic E-state index is 11.7. The SMILES string of the molecule is C=C(Br)/C=N\N(C)C(C=C(C[C@@H](C)C(=O)OC)NC)=NCc1cccnc1. The summed E-state index contributed by atoms with van der Waals surface area (Å²) in [5, 5.41) is 9.06. The molecule has 0 radical (unpaired) electrons. The Labute approximate surface area is 169 Å². The van der Waals surface area contributed by atoms with Crippen molar-refractivity contribution in [3.05, 3.63) is 52.9 Å². The summed E-state index contributed by atoms with van der Waals surface area (Å²) in [7, 11) is 4.98. The van der Waals surface area contributed by atoms with Crippen molar-refractivity contribution in [2.45, 2.75) is 19.9 Å². The van der Waals surface area contributed by atoms with Crippen LogP contribution in [0.15, 0.2) is 57.5 Å². The van der Waals surface area contributed by atoms with Gasteiger partial charge in [0.1, 0.15) is 5.84 Å². The van der Waals surface area contributed by atoms with Crippen LogP contribution in [0.25, 0.3) is 0 Å². The van der Waals surface area contributed by atoms with Gasteiger partial charge >= 0.3 is 5.97 Å². The van der Waals surface area contributed by atoms with E-state index in [1.54, 1.807) is 37.7 Å². The maximum Gasteiger partial charge on any atom is 0.308 e. The van der Waals surface area contributed by atoms with Crippen LogP contribution >= 0.6 is 15.9 Å². The average Bonchev–Trinajstić information content (AvgIpc) is 2.68. The van der Waals surface area contributed by atoms with Crippen molar-refractivity contribution < 1.29 is 9.53 Å². The van der Waals surface area contributed by atoms with Crippen LogP contribution in [0.5, 0.6) is 0 Å². The molecule has 0 amide bonds. The van der Waals surface area contributed by atoms with Gasteiger partial charge in [-0.25, -0.2) is 0 Å². The number of halogens is 1. The van der Waals surface area contributed by atoms with Crippen molar-refractivity contribution >= 4 is 33.9 Å². The maximum atomic E-state index is 11.7. The largest absolute Gasteiger partial charge is 0.469 e. The highest BCUT2D eigenvalue weighted by Gasteiger charge is 2.15. The van der Waals surface area contributed by atoms with Gasteiger partial charge in [0.15, 0.2) is 0 Å². The number of rotatable bonds is 9. The highest BCUT2D eigenvalue weighted by atomic mass is 79.9. The monoisotopic (exact) mass is 435 g/mol. The van der Waals surface area contributed by atoms with Gasteiger partial charge in [-0.2, -0.15) is 5.10 Å². The number of hydrogen-bond donors (Lipinski definition) is 1. The number of amidine groups is 1. The number of aromatic nitrogens is 1. The van der Waals surface area contributed by atoms with Gasteiger partial charge in [-0.15, -0.1) is 0 Å². The Kier molecular flexibility index (Phi) is 10.0. The summed E-state index contributed by atoms with van der Waals surface area (Å²) < 4.78 is 5.45. The lowest BCUT2D eigenvalue weighted by molar-refractivity contribution is -0.144. The zero-order chi connectivity index (χ0) is 20.2. The third-order valence-corrected chi connectivity index (χ3v) is 3.81. The second kappa shape index (κ2) is 12.0. The number of allylic oxidation sites excluding steroid dienone is 2. The Bertz CT molecular complexity index is 716. The summed E-state index contributed by atoms with van der Waals surface area (Å²) in [5.74, 6) is 0.0987. The molecular formula is C19H26BrN5O2. The second-order valence-electron chi connectivity index (χ2n) is 5.80. The van der Waals surface area contributed by atoms with Gasteiger partial charge in [0.05, 0.1) is 25.8 Å². The van der Waals surface area contributed by atoms with Crippen LogP contribution in [0.3, 0.4) is 0 Å². The Morgan fingerprint density at radius 3 is 2.85 bits per heavy atom. The Morgan fingerprint density at radius 1 is 1.56 bits per heavy atom. The minimum atomic E-state index is -0.274. The summed E-state index contributed by atoms with van der Waals surface area (Å²) >= 11 is 3.25. The van der Waals surface area contributed by atoms with E-state index in [4.69, 9.17) is 4.74 Å². The smallest absolute Gasteiger partial charge is 0.308 e. The predicted molar refractivity (Wildman–Crippen MR) is 113 cm³/mol. The molecule has 27 heavy (non-hydrogen) atoms. The predicted octanol–water partition coefficient (Wildman–Crippen LogP) is 3.11. The summed E-state index contributed by atoms with van der Waals surface area (Å²) in [6, 6.07) is 3.83. The molecule has 1 aromatic heterocycles. The Hall–Kier alpha value is -2.48. The fraction of sp³-hybridized carbons (Fsp3) is 0.368. The van der Waals surface area contributed by atoms with Crippen LogP contribution in [0.1, 0.15) is 18.9 Å². The van der Waals surface area contributed by atoms with E-state index >= 15 is 0 Å². The number of methoxy groups -OCH3 is 1. The third-order valence-electron chi connectivity index (χ3n) is 3.60. The minimum absolute atomic E-state index is 0.257. The first-order chi connectivity index (χ1) is 12.9. The van der Waals surface area contributed by atoms with Crippen molar-refractivity contribution in [3.63, 3.8) is 0 Å². The molecule has 1 atom stereocenters. The lowest BCUT2D eigenvalue weighted by atomic mass is 10.1. The van der Waals surface area contributed by atoms with E-state index < -0.39 is 0 Å². The molecule has 0 saturated carbocycles. The average molecular weight is 436 g/mol. The molecular weight excluding hydrogens is 410 g/mol. The highest BCUT2D eigenvalue weighted by molar-refractivity contribution is 9.12. The Balaban J connectivity index is 3.09. The lowest BCUT2D eigenvalue weighted by Gasteiger charge is -2.17. The number of hydrazone groups is 1. The fourth-order valence-corrected chi connectivity index (χ4v) is 2.21. The number of aliphatic imine (C=N–C) groups is 1. The van der Waals surface area contributed by atoms with Crippen molar-refractivity contribution in [1.82, 2.24) is 15.3 Å². The van der Waals surface area contributed by atoms with Crippen LogP contribution in [-0.4, -0.2) is 49.2 Å². The molecule has 0 spiro atoms. The first kappa shape index (κ1) is 22.6. The number of hydrogen-bond acceptors (Lipinski definition) is 6. The van der Waals surface area contributed by atoms with E-state index in [0.29, 0.717) is 23.3 Å². The van der Waals surface area contributed by atoms with Crippen molar-refractivity contribution in [3.8, 4) is 0 Å². The molecule has 146 valence electrons.